The number of sulfonamides is 1. The van der Waals surface area contributed by atoms with E-state index in [-0.39, 0.29) is 29.2 Å². The van der Waals surface area contributed by atoms with Crippen molar-refractivity contribution in [3.05, 3.63) is 63.1 Å². The zero-order valence-electron chi connectivity index (χ0n) is 20.2. The normalized spacial score (nSPS) is 14.9. The number of nitrogens with zero attached hydrogens (tertiary/aromatic N) is 2. The molecule has 1 aliphatic rings. The minimum absolute atomic E-state index is 0.0427. The molecule has 1 N–H and O–H groups in total. The van der Waals surface area contributed by atoms with Crippen LogP contribution in [0.3, 0.4) is 0 Å². The average Bonchev–Trinajstić information content (AvgIpc) is 3.31. The Hall–Kier alpha value is -2.00. The van der Waals surface area contributed by atoms with Crippen molar-refractivity contribution in [1.29, 1.82) is 0 Å². The third kappa shape index (κ3) is 7.28. The van der Waals surface area contributed by atoms with Gasteiger partial charge in [-0.15, -0.1) is 0 Å². The Morgan fingerprint density at radius 1 is 1.06 bits per heavy atom. The summed E-state index contributed by atoms with van der Waals surface area (Å²) in [5.74, 6) is -0.819. The van der Waals surface area contributed by atoms with Crippen LogP contribution in [0.1, 0.15) is 44.6 Å². The summed E-state index contributed by atoms with van der Waals surface area (Å²) in [5, 5.41) is 3.93. The highest BCUT2D eigenvalue weighted by Gasteiger charge is 2.33. The van der Waals surface area contributed by atoms with Gasteiger partial charge in [0.1, 0.15) is 12.6 Å². The maximum Gasteiger partial charge on any atom is 0.244 e. The minimum Gasteiger partial charge on any atom is -0.352 e. The van der Waals surface area contributed by atoms with Gasteiger partial charge in [0.2, 0.25) is 21.8 Å². The number of anilines is 1. The van der Waals surface area contributed by atoms with Crippen molar-refractivity contribution >= 4 is 62.3 Å². The minimum atomic E-state index is -3.90. The molecule has 0 heterocycles. The lowest BCUT2D eigenvalue weighted by atomic mass is 10.1. The third-order valence-electron chi connectivity index (χ3n) is 6.24. The molecule has 0 saturated heterocycles. The summed E-state index contributed by atoms with van der Waals surface area (Å²) >= 11 is 18.6. The molecule has 7 nitrogen and oxygen atoms in total. The number of carbonyl (C=O) groups excluding carboxylic acids is 2. The molecule has 11 heteroatoms. The standard InChI is InChI=1S/C25H30Cl3N3O4S/c1-3-22(25(33)29-19-9-5-6-10-19)30(15-17-8-4-7-11-20(17)27)24(32)16-31(36(2,34)35)23-13-12-18(26)14-21(23)28/h4,7-8,11-14,19,22H,3,5-6,9-10,15-16H2,1-2H3,(H,29,33). The SMILES string of the molecule is CCC(C(=O)NC1CCCC1)N(Cc1ccccc1Cl)C(=O)CN(c1ccc(Cl)cc1Cl)S(C)(=O)=O. The summed E-state index contributed by atoms with van der Waals surface area (Å²) in [5.41, 5.74) is 0.771. The zero-order valence-corrected chi connectivity index (χ0v) is 23.3. The highest BCUT2D eigenvalue weighted by molar-refractivity contribution is 7.92. The molecule has 1 fully saturated rings. The number of hydrogen-bond acceptors (Lipinski definition) is 4. The van der Waals surface area contributed by atoms with E-state index in [2.05, 4.69) is 5.32 Å². The first-order chi connectivity index (χ1) is 17.0. The Kier molecular flexibility index (Phi) is 9.92. The van der Waals surface area contributed by atoms with Crippen molar-refractivity contribution in [2.75, 3.05) is 17.1 Å². The first-order valence-corrected chi connectivity index (χ1v) is 14.8. The van der Waals surface area contributed by atoms with Crippen LogP contribution in [0, 0.1) is 0 Å². The summed E-state index contributed by atoms with van der Waals surface area (Å²) in [4.78, 5) is 28.4. The van der Waals surface area contributed by atoms with Crippen LogP contribution in [-0.4, -0.2) is 50.0 Å². The number of nitrogens with one attached hydrogen (secondary N) is 1. The first-order valence-electron chi connectivity index (χ1n) is 11.8. The van der Waals surface area contributed by atoms with E-state index >= 15 is 0 Å². The van der Waals surface area contributed by atoms with E-state index in [1.807, 2.05) is 6.92 Å². The lowest BCUT2D eigenvalue weighted by Crippen LogP contribution is -2.53. The zero-order chi connectivity index (χ0) is 26.5. The van der Waals surface area contributed by atoms with Crippen LogP contribution in [0.15, 0.2) is 42.5 Å². The second-order valence-electron chi connectivity index (χ2n) is 8.89. The van der Waals surface area contributed by atoms with Crippen molar-refractivity contribution in [3.8, 4) is 0 Å². The second kappa shape index (κ2) is 12.5. The highest BCUT2D eigenvalue weighted by atomic mass is 35.5. The van der Waals surface area contributed by atoms with E-state index in [1.54, 1.807) is 24.3 Å². The lowest BCUT2D eigenvalue weighted by Gasteiger charge is -2.33. The molecule has 1 saturated carbocycles. The fraction of sp³-hybridized carbons (Fsp3) is 0.440. The molecule has 2 aromatic carbocycles. The quantitative estimate of drug-likeness (QED) is 0.418. The number of hydrogen-bond donors (Lipinski definition) is 1. The molecule has 36 heavy (non-hydrogen) atoms. The van der Waals surface area contributed by atoms with Crippen molar-refractivity contribution < 1.29 is 18.0 Å². The Morgan fingerprint density at radius 3 is 2.31 bits per heavy atom. The molecule has 0 spiro atoms. The number of halogens is 3. The lowest BCUT2D eigenvalue weighted by molar-refractivity contribution is -0.140. The van der Waals surface area contributed by atoms with Gasteiger partial charge in [-0.3, -0.25) is 13.9 Å². The van der Waals surface area contributed by atoms with Crippen molar-refractivity contribution in [2.45, 2.75) is 57.7 Å². The first kappa shape index (κ1) is 28.6. The Labute approximate surface area is 227 Å². The van der Waals surface area contributed by atoms with E-state index < -0.39 is 28.5 Å². The number of amides is 2. The smallest absolute Gasteiger partial charge is 0.244 e. The van der Waals surface area contributed by atoms with E-state index in [9.17, 15) is 18.0 Å². The van der Waals surface area contributed by atoms with Crippen LogP contribution >= 0.6 is 34.8 Å². The van der Waals surface area contributed by atoms with Crippen LogP contribution in [0.4, 0.5) is 5.69 Å². The van der Waals surface area contributed by atoms with Crippen LogP contribution < -0.4 is 9.62 Å². The molecule has 3 rings (SSSR count). The maximum absolute atomic E-state index is 13.7. The third-order valence-corrected chi connectivity index (χ3v) is 8.28. The molecular weight excluding hydrogens is 545 g/mol. The summed E-state index contributed by atoms with van der Waals surface area (Å²) in [7, 11) is -3.90. The maximum atomic E-state index is 13.7. The monoisotopic (exact) mass is 573 g/mol. The van der Waals surface area contributed by atoms with Crippen LogP contribution in [-0.2, 0) is 26.2 Å². The summed E-state index contributed by atoms with van der Waals surface area (Å²) in [6.07, 6.45) is 5.24. The van der Waals surface area contributed by atoms with Crippen molar-refractivity contribution in [1.82, 2.24) is 10.2 Å². The van der Waals surface area contributed by atoms with Crippen LogP contribution in [0.25, 0.3) is 0 Å². The average molecular weight is 575 g/mol. The van der Waals surface area contributed by atoms with Gasteiger partial charge in [-0.05, 0) is 49.1 Å². The van der Waals surface area contributed by atoms with Gasteiger partial charge in [-0.2, -0.15) is 0 Å². The number of carbonyl (C=O) groups is 2. The van der Waals surface area contributed by atoms with Gasteiger partial charge in [-0.1, -0.05) is 72.8 Å². The Bertz CT molecular complexity index is 1200. The molecule has 0 radical (unpaired) electrons. The molecular formula is C25H30Cl3N3O4S. The molecule has 2 amide bonds. The van der Waals surface area contributed by atoms with Gasteiger partial charge in [0.15, 0.2) is 0 Å². The second-order valence-corrected chi connectivity index (χ2v) is 12.1. The summed E-state index contributed by atoms with van der Waals surface area (Å²) < 4.78 is 26.3. The summed E-state index contributed by atoms with van der Waals surface area (Å²) in [6, 6.07) is 10.7. The molecule has 1 unspecified atom stereocenters. The molecule has 0 bridgehead atoms. The predicted octanol–water partition coefficient (Wildman–Crippen LogP) is 5.28. The van der Waals surface area contributed by atoms with E-state index in [1.165, 1.54) is 23.1 Å². The topological polar surface area (TPSA) is 86.8 Å². The Morgan fingerprint density at radius 2 is 1.72 bits per heavy atom. The van der Waals surface area contributed by atoms with Gasteiger partial charge in [-0.25, -0.2) is 8.42 Å². The van der Waals surface area contributed by atoms with Crippen LogP contribution in [0.2, 0.25) is 15.1 Å². The number of rotatable bonds is 10. The van der Waals surface area contributed by atoms with Crippen molar-refractivity contribution in [2.24, 2.45) is 0 Å². The van der Waals surface area contributed by atoms with Gasteiger partial charge < -0.3 is 10.2 Å². The molecule has 2 aromatic rings. The van der Waals surface area contributed by atoms with Crippen LogP contribution in [0.5, 0.6) is 0 Å². The van der Waals surface area contributed by atoms with Gasteiger partial charge in [0, 0.05) is 22.6 Å². The Balaban J connectivity index is 1.95. The molecule has 0 aromatic heterocycles. The molecule has 1 aliphatic carbocycles. The van der Waals surface area contributed by atoms with Crippen molar-refractivity contribution in [3.63, 3.8) is 0 Å². The molecule has 1 atom stereocenters. The predicted molar refractivity (Wildman–Crippen MR) is 145 cm³/mol. The van der Waals surface area contributed by atoms with Gasteiger partial charge in [0.25, 0.3) is 0 Å². The molecule has 0 aliphatic heterocycles. The highest BCUT2D eigenvalue weighted by Crippen LogP contribution is 2.31. The fourth-order valence-corrected chi connectivity index (χ4v) is 5.99. The molecule has 196 valence electrons. The van der Waals surface area contributed by atoms with Gasteiger partial charge in [0.05, 0.1) is 17.0 Å². The number of benzene rings is 2. The van der Waals surface area contributed by atoms with E-state index in [0.717, 1.165) is 36.2 Å². The summed E-state index contributed by atoms with van der Waals surface area (Å²) in [6.45, 7) is 1.31. The van der Waals surface area contributed by atoms with E-state index in [0.29, 0.717) is 22.0 Å². The van der Waals surface area contributed by atoms with Gasteiger partial charge >= 0.3 is 0 Å². The fourth-order valence-electron chi connectivity index (χ4n) is 4.38. The largest absolute Gasteiger partial charge is 0.352 e. The van der Waals surface area contributed by atoms with E-state index in [4.69, 9.17) is 34.8 Å².